The van der Waals surface area contributed by atoms with E-state index in [1.807, 2.05) is 6.92 Å². The average Bonchev–Trinajstić information content (AvgIpc) is 2.41. The molecule has 14 heavy (non-hydrogen) atoms. The number of nitrogens with two attached hydrogens (primary N) is 1. The van der Waals surface area contributed by atoms with Crippen LogP contribution >= 0.6 is 0 Å². The third kappa shape index (κ3) is 3.67. The largest absolute Gasteiger partial charge is 0.328 e. The van der Waals surface area contributed by atoms with E-state index in [2.05, 4.69) is 0 Å². The molecule has 84 valence electrons. The van der Waals surface area contributed by atoms with Crippen LogP contribution in [0.15, 0.2) is 0 Å². The van der Waals surface area contributed by atoms with Crippen molar-refractivity contribution in [1.29, 1.82) is 0 Å². The lowest BCUT2D eigenvalue weighted by Gasteiger charge is -2.09. The van der Waals surface area contributed by atoms with E-state index in [-0.39, 0.29) is 22.8 Å². The molecule has 6 heteroatoms. The van der Waals surface area contributed by atoms with Crippen molar-refractivity contribution in [3.8, 4) is 0 Å². The molecule has 1 rings (SSSR count). The van der Waals surface area contributed by atoms with Gasteiger partial charge in [0.1, 0.15) is 0 Å². The van der Waals surface area contributed by atoms with Gasteiger partial charge in [-0.3, -0.25) is 4.21 Å². The smallest absolute Gasteiger partial charge is 0.151 e. The van der Waals surface area contributed by atoms with Crippen molar-refractivity contribution in [2.45, 2.75) is 31.1 Å². The minimum Gasteiger partial charge on any atom is -0.328 e. The van der Waals surface area contributed by atoms with Gasteiger partial charge in [-0.25, -0.2) is 8.42 Å². The predicted octanol–water partition coefficient (Wildman–Crippen LogP) is -0.340. The molecule has 0 aromatic heterocycles. The molecule has 1 aliphatic rings. The van der Waals surface area contributed by atoms with Gasteiger partial charge in [0.05, 0.1) is 11.5 Å². The van der Waals surface area contributed by atoms with E-state index in [1.165, 1.54) is 0 Å². The highest BCUT2D eigenvalue weighted by molar-refractivity contribution is 7.94. The van der Waals surface area contributed by atoms with E-state index in [0.29, 0.717) is 18.6 Å². The number of hydrogen-bond acceptors (Lipinski definition) is 4. The first-order chi connectivity index (χ1) is 6.41. The predicted molar refractivity (Wildman–Crippen MR) is 58.3 cm³/mol. The van der Waals surface area contributed by atoms with Crippen LogP contribution in [-0.4, -0.2) is 41.2 Å². The molecule has 3 unspecified atom stereocenters. The van der Waals surface area contributed by atoms with Crippen LogP contribution in [0.25, 0.3) is 0 Å². The fraction of sp³-hybridized carbons (Fsp3) is 1.00. The third-order valence-corrected chi connectivity index (χ3v) is 6.10. The van der Waals surface area contributed by atoms with Gasteiger partial charge in [0, 0.05) is 27.8 Å². The van der Waals surface area contributed by atoms with Gasteiger partial charge in [-0.1, -0.05) is 0 Å². The van der Waals surface area contributed by atoms with Gasteiger partial charge in [0.25, 0.3) is 0 Å². The van der Waals surface area contributed by atoms with Gasteiger partial charge in [0.15, 0.2) is 9.84 Å². The van der Waals surface area contributed by atoms with E-state index < -0.39 is 20.6 Å². The monoisotopic (exact) mass is 239 g/mol. The summed E-state index contributed by atoms with van der Waals surface area (Å²) in [5, 5.41) is -0.154. The molecular formula is C8H17NO3S2. The molecule has 0 aromatic carbocycles. The maximum Gasteiger partial charge on any atom is 0.151 e. The Kier molecular flexibility index (Phi) is 4.09. The molecule has 1 heterocycles. The Balaban J connectivity index is 2.40. The van der Waals surface area contributed by atoms with E-state index in [1.54, 1.807) is 0 Å². The highest BCUT2D eigenvalue weighted by Gasteiger charge is 2.31. The zero-order valence-electron chi connectivity index (χ0n) is 8.31. The zero-order chi connectivity index (χ0) is 10.8. The van der Waals surface area contributed by atoms with Crippen LogP contribution in [0.1, 0.15) is 19.8 Å². The van der Waals surface area contributed by atoms with Crippen LogP contribution in [0.2, 0.25) is 0 Å². The van der Waals surface area contributed by atoms with Crippen molar-refractivity contribution in [1.82, 2.24) is 0 Å². The molecule has 1 saturated heterocycles. The Bertz CT molecular complexity index is 311. The summed E-state index contributed by atoms with van der Waals surface area (Å²) in [6, 6.07) is 0.0389. The van der Waals surface area contributed by atoms with Crippen LogP contribution in [-0.2, 0) is 20.6 Å². The molecule has 0 aromatic rings. The van der Waals surface area contributed by atoms with Crippen molar-refractivity contribution in [2.75, 3.05) is 17.3 Å². The van der Waals surface area contributed by atoms with Crippen molar-refractivity contribution in [3.63, 3.8) is 0 Å². The van der Waals surface area contributed by atoms with Gasteiger partial charge in [-0.05, 0) is 19.8 Å². The lowest BCUT2D eigenvalue weighted by Crippen LogP contribution is -2.23. The van der Waals surface area contributed by atoms with Crippen LogP contribution in [0.4, 0.5) is 0 Å². The minimum absolute atomic E-state index is 0.0389. The van der Waals surface area contributed by atoms with Crippen LogP contribution in [0.5, 0.6) is 0 Å². The molecule has 0 radical (unpaired) electrons. The summed E-state index contributed by atoms with van der Waals surface area (Å²) in [5.41, 5.74) is 5.54. The van der Waals surface area contributed by atoms with Crippen LogP contribution in [0, 0.1) is 0 Å². The second-order valence-electron chi connectivity index (χ2n) is 3.88. The van der Waals surface area contributed by atoms with Gasteiger partial charge >= 0.3 is 0 Å². The topological polar surface area (TPSA) is 77.2 Å². The summed E-state index contributed by atoms with van der Waals surface area (Å²) in [4.78, 5) is 0. The molecule has 0 spiro atoms. The molecule has 3 atom stereocenters. The molecule has 2 N–H and O–H groups in total. The Hall–Kier alpha value is 0.0600. The zero-order valence-corrected chi connectivity index (χ0v) is 9.94. The molecule has 0 amide bonds. The van der Waals surface area contributed by atoms with E-state index in [4.69, 9.17) is 5.73 Å². The molecule has 1 fully saturated rings. The molecule has 1 aliphatic heterocycles. The molecular weight excluding hydrogens is 222 g/mol. The average molecular weight is 239 g/mol. The second-order valence-corrected chi connectivity index (χ2v) is 7.94. The Labute approximate surface area is 87.6 Å². The quantitative estimate of drug-likeness (QED) is 0.728. The van der Waals surface area contributed by atoms with Gasteiger partial charge in [-0.15, -0.1) is 0 Å². The summed E-state index contributed by atoms with van der Waals surface area (Å²) < 4.78 is 33.9. The standard InChI is InChI=1S/C8H17NO3S2/c1-7(9)2-4-13(10)8-3-5-14(11,12)6-8/h7-8H,2-6,9H2,1H3. The summed E-state index contributed by atoms with van der Waals surface area (Å²) in [7, 11) is -3.93. The van der Waals surface area contributed by atoms with E-state index in [0.717, 1.165) is 0 Å². The fourth-order valence-corrected chi connectivity index (χ4v) is 5.68. The lowest BCUT2D eigenvalue weighted by atomic mass is 10.3. The molecule has 0 bridgehead atoms. The molecule has 4 nitrogen and oxygen atoms in total. The minimum atomic E-state index is -2.90. The SMILES string of the molecule is CC(N)CCS(=O)C1CCS(=O)(=O)C1. The van der Waals surface area contributed by atoms with Gasteiger partial charge < -0.3 is 5.73 Å². The maximum atomic E-state index is 11.6. The second kappa shape index (κ2) is 4.72. The summed E-state index contributed by atoms with van der Waals surface area (Å²) in [5.74, 6) is 0.817. The number of sulfone groups is 1. The van der Waals surface area contributed by atoms with E-state index in [9.17, 15) is 12.6 Å². The van der Waals surface area contributed by atoms with Crippen LogP contribution < -0.4 is 5.73 Å². The van der Waals surface area contributed by atoms with Crippen molar-refractivity contribution in [3.05, 3.63) is 0 Å². The fourth-order valence-electron chi connectivity index (χ4n) is 1.44. The third-order valence-electron chi connectivity index (χ3n) is 2.34. The highest BCUT2D eigenvalue weighted by Crippen LogP contribution is 2.17. The first-order valence-electron chi connectivity index (χ1n) is 4.74. The van der Waals surface area contributed by atoms with Crippen molar-refractivity contribution in [2.24, 2.45) is 5.73 Å². The summed E-state index contributed by atoms with van der Waals surface area (Å²) in [6.07, 6.45) is 1.25. The van der Waals surface area contributed by atoms with Crippen molar-refractivity contribution < 1.29 is 12.6 Å². The molecule has 0 saturated carbocycles. The molecule has 0 aliphatic carbocycles. The Morgan fingerprint density at radius 3 is 2.64 bits per heavy atom. The highest BCUT2D eigenvalue weighted by atomic mass is 32.2. The maximum absolute atomic E-state index is 11.6. The van der Waals surface area contributed by atoms with Gasteiger partial charge in [-0.2, -0.15) is 0 Å². The summed E-state index contributed by atoms with van der Waals surface area (Å²) in [6.45, 7) is 1.86. The number of hydrogen-bond donors (Lipinski definition) is 1. The lowest BCUT2D eigenvalue weighted by molar-refractivity contribution is 0.602. The Morgan fingerprint density at radius 1 is 1.57 bits per heavy atom. The first kappa shape index (κ1) is 12.1. The van der Waals surface area contributed by atoms with E-state index >= 15 is 0 Å². The normalized spacial score (nSPS) is 30.0. The van der Waals surface area contributed by atoms with Crippen LogP contribution in [0.3, 0.4) is 0 Å². The first-order valence-corrected chi connectivity index (χ1v) is 7.94. The number of rotatable bonds is 4. The summed E-state index contributed by atoms with van der Waals surface area (Å²) >= 11 is 0. The Morgan fingerprint density at radius 2 is 2.21 bits per heavy atom. The van der Waals surface area contributed by atoms with Gasteiger partial charge in [0.2, 0.25) is 0 Å². The van der Waals surface area contributed by atoms with Crippen molar-refractivity contribution >= 4 is 20.6 Å².